The van der Waals surface area contributed by atoms with Crippen LogP contribution in [0.1, 0.15) is 21.5 Å². The molecule has 0 aliphatic carbocycles. The van der Waals surface area contributed by atoms with E-state index in [2.05, 4.69) is 16.4 Å². The molecule has 0 spiro atoms. The van der Waals surface area contributed by atoms with Crippen molar-refractivity contribution in [2.75, 3.05) is 7.11 Å². The fraction of sp³-hybridized carbons (Fsp3) is 0.120. The number of amides is 1. The number of nitrogens with one attached hydrogen (secondary N) is 1. The van der Waals surface area contributed by atoms with Gasteiger partial charge in [-0.3, -0.25) is 4.79 Å². The zero-order valence-corrected chi connectivity index (χ0v) is 18.9. The number of aromatic nitrogens is 2. The molecule has 0 aliphatic heterocycles. The Bertz CT molecular complexity index is 1240. The van der Waals surface area contributed by atoms with Crippen molar-refractivity contribution in [3.05, 3.63) is 106 Å². The highest BCUT2D eigenvalue weighted by atomic mass is 35.5. The number of imidazole rings is 1. The summed E-state index contributed by atoms with van der Waals surface area (Å²) in [5, 5.41) is 3.90. The highest BCUT2D eigenvalue weighted by molar-refractivity contribution is 6.42. The fourth-order valence-electron chi connectivity index (χ4n) is 3.48. The summed E-state index contributed by atoms with van der Waals surface area (Å²) in [4.78, 5) is 17.1. The number of hydrogen-bond donors (Lipinski definition) is 1. The van der Waals surface area contributed by atoms with E-state index in [1.54, 1.807) is 31.8 Å². The van der Waals surface area contributed by atoms with E-state index in [-0.39, 0.29) is 5.91 Å². The van der Waals surface area contributed by atoms with Crippen LogP contribution in [-0.4, -0.2) is 22.6 Å². The summed E-state index contributed by atoms with van der Waals surface area (Å²) < 4.78 is 7.49. The lowest BCUT2D eigenvalue weighted by Crippen LogP contribution is -2.23. The minimum absolute atomic E-state index is 0.181. The Morgan fingerprint density at radius 2 is 1.88 bits per heavy atom. The SMILES string of the molecule is COc1ccccc1-c1cc(Cn2ccnc2)cc(C(=O)NCc2ccc(Cl)c(Cl)c2)c1. The molecule has 0 radical (unpaired) electrons. The second-order valence-corrected chi connectivity index (χ2v) is 8.10. The molecule has 0 unspecified atom stereocenters. The highest BCUT2D eigenvalue weighted by Crippen LogP contribution is 2.31. The van der Waals surface area contributed by atoms with Gasteiger partial charge in [0.15, 0.2) is 0 Å². The first-order chi connectivity index (χ1) is 15.5. The molecule has 0 saturated carbocycles. The summed E-state index contributed by atoms with van der Waals surface area (Å²) in [5.41, 5.74) is 4.22. The standard InChI is InChI=1S/C25H21Cl2N3O2/c1-32-24-5-3-2-4-21(24)19-10-18(15-30-9-8-28-16-30)11-20(13-19)25(31)29-14-17-6-7-22(26)23(27)12-17/h2-13,16H,14-15H2,1H3,(H,29,31). The molecule has 7 heteroatoms. The molecule has 1 aromatic heterocycles. The Hall–Kier alpha value is -3.28. The average molecular weight is 466 g/mol. The molecule has 32 heavy (non-hydrogen) atoms. The number of nitrogens with zero attached hydrogens (tertiary/aromatic N) is 2. The molecule has 1 heterocycles. The van der Waals surface area contributed by atoms with Gasteiger partial charge in [-0.1, -0.05) is 47.5 Å². The third-order valence-corrected chi connectivity index (χ3v) is 5.77. The molecule has 4 aromatic rings. The first-order valence-electron chi connectivity index (χ1n) is 9.98. The zero-order chi connectivity index (χ0) is 22.5. The summed E-state index contributed by atoms with van der Waals surface area (Å²) >= 11 is 12.1. The van der Waals surface area contributed by atoms with Crippen molar-refractivity contribution in [3.63, 3.8) is 0 Å². The van der Waals surface area contributed by atoms with Gasteiger partial charge in [0.25, 0.3) is 5.91 Å². The van der Waals surface area contributed by atoms with Crippen molar-refractivity contribution >= 4 is 29.1 Å². The Kier molecular flexibility index (Phi) is 6.78. The number of rotatable bonds is 7. The van der Waals surface area contributed by atoms with Crippen molar-refractivity contribution in [2.24, 2.45) is 0 Å². The number of hydrogen-bond acceptors (Lipinski definition) is 3. The van der Waals surface area contributed by atoms with Crippen molar-refractivity contribution in [1.29, 1.82) is 0 Å². The van der Waals surface area contributed by atoms with Crippen LogP contribution in [-0.2, 0) is 13.1 Å². The Morgan fingerprint density at radius 3 is 2.62 bits per heavy atom. The molecular weight excluding hydrogens is 445 g/mol. The lowest BCUT2D eigenvalue weighted by atomic mass is 9.98. The number of benzene rings is 3. The maximum absolute atomic E-state index is 13.0. The van der Waals surface area contributed by atoms with Gasteiger partial charge in [-0.15, -0.1) is 0 Å². The molecule has 162 valence electrons. The molecule has 1 N–H and O–H groups in total. The summed E-state index contributed by atoms with van der Waals surface area (Å²) in [6, 6.07) is 18.9. The van der Waals surface area contributed by atoms with Crippen LogP contribution < -0.4 is 10.1 Å². The van der Waals surface area contributed by atoms with Gasteiger partial charge in [-0.05, 0) is 53.1 Å². The first-order valence-corrected chi connectivity index (χ1v) is 10.7. The van der Waals surface area contributed by atoms with E-state index in [4.69, 9.17) is 27.9 Å². The maximum atomic E-state index is 13.0. The predicted molar refractivity (Wildman–Crippen MR) is 127 cm³/mol. The van der Waals surface area contributed by atoms with E-state index < -0.39 is 0 Å². The lowest BCUT2D eigenvalue weighted by Gasteiger charge is -2.13. The van der Waals surface area contributed by atoms with Gasteiger partial charge in [0, 0.05) is 36.6 Å². The molecule has 0 aliphatic rings. The first kappa shape index (κ1) is 21.9. The van der Waals surface area contributed by atoms with Gasteiger partial charge in [-0.2, -0.15) is 0 Å². The van der Waals surface area contributed by atoms with Gasteiger partial charge >= 0.3 is 0 Å². The van der Waals surface area contributed by atoms with Crippen LogP contribution in [0.2, 0.25) is 10.0 Å². The van der Waals surface area contributed by atoms with Crippen LogP contribution in [0.4, 0.5) is 0 Å². The smallest absolute Gasteiger partial charge is 0.251 e. The number of carbonyl (C=O) groups excluding carboxylic acids is 1. The molecule has 0 bridgehead atoms. The number of ether oxygens (including phenoxy) is 1. The number of carbonyl (C=O) groups is 1. The van der Waals surface area contributed by atoms with Gasteiger partial charge in [0.05, 0.1) is 23.5 Å². The minimum Gasteiger partial charge on any atom is -0.496 e. The molecule has 3 aromatic carbocycles. The van der Waals surface area contributed by atoms with E-state index in [1.807, 2.05) is 53.2 Å². The summed E-state index contributed by atoms with van der Waals surface area (Å²) in [7, 11) is 1.64. The number of para-hydroxylation sites is 1. The largest absolute Gasteiger partial charge is 0.496 e. The van der Waals surface area contributed by atoms with Crippen LogP contribution in [0.15, 0.2) is 79.4 Å². The summed E-state index contributed by atoms with van der Waals surface area (Å²) in [6.45, 7) is 0.932. The van der Waals surface area contributed by atoms with E-state index in [0.717, 1.165) is 28.0 Å². The van der Waals surface area contributed by atoms with Crippen molar-refractivity contribution in [1.82, 2.24) is 14.9 Å². The molecule has 0 atom stereocenters. The summed E-state index contributed by atoms with van der Waals surface area (Å²) in [5.74, 6) is 0.564. The van der Waals surface area contributed by atoms with Crippen molar-refractivity contribution < 1.29 is 9.53 Å². The van der Waals surface area contributed by atoms with Crippen LogP contribution in [0, 0.1) is 0 Å². The maximum Gasteiger partial charge on any atom is 0.251 e. The van der Waals surface area contributed by atoms with Crippen molar-refractivity contribution in [2.45, 2.75) is 13.1 Å². The van der Waals surface area contributed by atoms with E-state index >= 15 is 0 Å². The quantitative estimate of drug-likeness (QED) is 0.372. The topological polar surface area (TPSA) is 56.2 Å². The molecule has 0 fully saturated rings. The second-order valence-electron chi connectivity index (χ2n) is 7.29. The third-order valence-electron chi connectivity index (χ3n) is 5.03. The van der Waals surface area contributed by atoms with Crippen molar-refractivity contribution in [3.8, 4) is 16.9 Å². The number of methoxy groups -OCH3 is 1. The van der Waals surface area contributed by atoms with Crippen LogP contribution in [0.5, 0.6) is 5.75 Å². The molecule has 1 amide bonds. The minimum atomic E-state index is -0.181. The van der Waals surface area contributed by atoms with Gasteiger partial charge in [-0.25, -0.2) is 4.98 Å². The van der Waals surface area contributed by atoms with Crippen LogP contribution >= 0.6 is 23.2 Å². The average Bonchev–Trinajstić information content (AvgIpc) is 3.32. The molecule has 0 saturated heterocycles. The van der Waals surface area contributed by atoms with E-state index in [1.165, 1.54) is 0 Å². The van der Waals surface area contributed by atoms with Gasteiger partial charge in [0.1, 0.15) is 5.75 Å². The fourth-order valence-corrected chi connectivity index (χ4v) is 3.80. The second kappa shape index (κ2) is 9.90. The van der Waals surface area contributed by atoms with E-state index in [9.17, 15) is 4.79 Å². The van der Waals surface area contributed by atoms with Gasteiger partial charge in [0.2, 0.25) is 0 Å². The van der Waals surface area contributed by atoms with Crippen LogP contribution in [0.25, 0.3) is 11.1 Å². The Balaban J connectivity index is 1.65. The molecule has 5 nitrogen and oxygen atoms in total. The third kappa shape index (κ3) is 5.13. The normalized spacial score (nSPS) is 10.7. The monoisotopic (exact) mass is 465 g/mol. The molecule has 4 rings (SSSR count). The van der Waals surface area contributed by atoms with E-state index in [0.29, 0.717) is 28.7 Å². The predicted octanol–water partition coefficient (Wildman–Crippen LogP) is 5.84. The highest BCUT2D eigenvalue weighted by Gasteiger charge is 2.13. The van der Waals surface area contributed by atoms with Crippen LogP contribution in [0.3, 0.4) is 0 Å². The zero-order valence-electron chi connectivity index (χ0n) is 17.4. The lowest BCUT2D eigenvalue weighted by molar-refractivity contribution is 0.0951. The Labute approximate surface area is 196 Å². The molecular formula is C25H21Cl2N3O2. The van der Waals surface area contributed by atoms with Gasteiger partial charge < -0.3 is 14.6 Å². The number of halogens is 2. The Morgan fingerprint density at radius 1 is 1.03 bits per heavy atom. The summed E-state index contributed by atoms with van der Waals surface area (Å²) in [6.07, 6.45) is 5.37.